The van der Waals surface area contributed by atoms with Gasteiger partial charge < -0.3 is 43.0 Å². The lowest BCUT2D eigenvalue weighted by atomic mass is 9.96. The number of ether oxygens (including phenoxy) is 8. The van der Waals surface area contributed by atoms with E-state index in [0.717, 1.165) is 186 Å². The number of aliphatic hydroxyl groups is 1. The smallest absolute Gasteiger partial charge is 0.387 e. The molecular weight excluding hydrogens is 1810 g/mol. The molecule has 20 aromatic rings. The number of rotatable bonds is 28. The number of imidazole rings is 5. The highest BCUT2D eigenvalue weighted by Gasteiger charge is 2.25. The van der Waals surface area contributed by atoms with E-state index in [0.29, 0.717) is 6.10 Å². The lowest BCUT2D eigenvalue weighted by Gasteiger charge is -2.18. The Balaban J connectivity index is 0.000000123. The van der Waals surface area contributed by atoms with Crippen LogP contribution in [0.2, 0.25) is 0 Å². The van der Waals surface area contributed by atoms with Crippen molar-refractivity contribution in [2.75, 3.05) is 0 Å². The number of fused-ring (bicyclic) bond motifs is 5. The largest absolute Gasteiger partial charge is 0.491 e. The second-order valence-electron chi connectivity index (χ2n) is 37.4. The molecule has 0 radical (unpaired) electrons. The Labute approximate surface area is 836 Å². The number of hydrogen-bond acceptors (Lipinski definition) is 14. The Morgan fingerprint density at radius 2 is 0.431 bits per heavy atom. The summed E-state index contributed by atoms with van der Waals surface area (Å²) in [6.45, 7) is 25.0. The van der Waals surface area contributed by atoms with Gasteiger partial charge in [0.25, 0.3) is 6.43 Å². The molecule has 0 amide bonds. The van der Waals surface area contributed by atoms with Crippen molar-refractivity contribution in [3.8, 4) is 158 Å². The number of pyridine rings is 5. The number of hydrogen-bond donors (Lipinski definition) is 1. The fourth-order valence-electron chi connectivity index (χ4n) is 16.5. The van der Waals surface area contributed by atoms with Gasteiger partial charge in [-0.2, -0.15) is 8.78 Å². The quantitative estimate of drug-likeness (QED) is 0.0457. The molecule has 19 nitrogen and oxygen atoms in total. The topological polar surface area (TPSA) is 181 Å². The minimum Gasteiger partial charge on any atom is -0.491 e. The van der Waals surface area contributed by atoms with Gasteiger partial charge in [0.2, 0.25) is 0 Å². The maximum Gasteiger partial charge on any atom is 0.387 e. The molecule has 0 atom stereocenters. The number of benzene rings is 10. The minimum atomic E-state index is -2.83. The standard InChI is InChI=1S/C25H24N2O2.2C25H26N2O2.C23H20F2N2O2.C23H20F2N2O/c1-17(2)28-21-10-5-19(6-11-21)24-15-26-25-14-7-20(16-27(24)25)18-3-8-22(9-4-18)29-23-12-13-23;1-17(2)29-22-12-7-19(8-13-22)23-15-26-24-14-9-20(16-27(23)24)18-5-10-21(11-6-18)25(3,4)28;1-17(2)28-22-10-5-19(6-11-22)21-9-14-25-26-15-24(27(25)16-21)20-7-12-23(13-8-20)29-18(3)4;1-15(2)28-19-10-5-17(6-11-19)21-13-26-22-12-7-18(14-27(21)22)16-3-8-20(9-4-16)29-23(24)25;1-15(2)28-20-10-7-17(8-11-20)21-13-26-22-12-9-19(14-27(21)22)16-3-5-18(6-4-16)23(24)25/h3-11,14-17,23H,12-13H2,1-2H3;5-17,28H,1-4H3;5-18H,1-4H3;3-15,23H,1-2H3;3-15,23H,1-2H3. The molecule has 1 saturated carbocycles. The monoisotopic (exact) mass is 1930 g/mol. The van der Waals surface area contributed by atoms with E-state index in [4.69, 9.17) is 33.2 Å². The van der Waals surface area contributed by atoms with E-state index in [1.807, 2.05) is 293 Å². The summed E-state index contributed by atoms with van der Waals surface area (Å²) in [4.78, 5) is 22.6. The first-order valence-electron chi connectivity index (χ1n) is 48.5. The first-order valence-corrected chi connectivity index (χ1v) is 48.5. The molecule has 1 aliphatic rings. The number of alkyl halides is 4. The Hall–Kier alpha value is -16.3. The normalized spacial score (nSPS) is 12.0. The van der Waals surface area contributed by atoms with E-state index >= 15 is 0 Å². The van der Waals surface area contributed by atoms with Gasteiger partial charge in [0, 0.05) is 64.4 Å². The summed E-state index contributed by atoms with van der Waals surface area (Å²) in [5.74, 6) is 6.24. The zero-order chi connectivity index (χ0) is 101. The van der Waals surface area contributed by atoms with Crippen LogP contribution in [0, 0.1) is 0 Å². The van der Waals surface area contributed by atoms with Gasteiger partial charge in [-0.25, -0.2) is 33.7 Å². The molecule has 23 heteroatoms. The van der Waals surface area contributed by atoms with Gasteiger partial charge in [0.05, 0.1) is 108 Å². The van der Waals surface area contributed by atoms with Gasteiger partial charge in [-0.05, 0) is 389 Å². The average Bonchev–Trinajstić information content (AvgIpc) is 1.66. The van der Waals surface area contributed by atoms with E-state index in [2.05, 4.69) is 159 Å². The minimum absolute atomic E-state index is 0.0249. The molecule has 1 N–H and O–H groups in total. The van der Waals surface area contributed by atoms with Gasteiger partial charge in [-0.3, -0.25) is 22.0 Å². The molecule has 0 unspecified atom stereocenters. The Kier molecular flexibility index (Phi) is 30.8. The fraction of sp³-hybridized carbons (Fsp3) is 0.215. The van der Waals surface area contributed by atoms with E-state index < -0.39 is 18.6 Å². The molecular formula is C121H116F4N10O9. The van der Waals surface area contributed by atoms with Crippen LogP contribution in [0.25, 0.3) is 140 Å². The van der Waals surface area contributed by atoms with Crippen molar-refractivity contribution in [1.82, 2.24) is 46.9 Å². The molecule has 144 heavy (non-hydrogen) atoms. The number of halogens is 4. The summed E-state index contributed by atoms with van der Waals surface area (Å²) in [5.41, 5.74) is 25.3. The Morgan fingerprint density at radius 3 is 0.625 bits per heavy atom. The average molecular weight is 1930 g/mol. The van der Waals surface area contributed by atoms with Crippen LogP contribution < -0.4 is 37.9 Å². The molecule has 732 valence electrons. The van der Waals surface area contributed by atoms with E-state index in [1.165, 1.54) is 37.1 Å². The van der Waals surface area contributed by atoms with Crippen LogP contribution in [0.5, 0.6) is 46.0 Å². The molecule has 10 aromatic carbocycles. The molecule has 10 aromatic heterocycles. The van der Waals surface area contributed by atoms with E-state index in [1.54, 1.807) is 38.1 Å². The highest BCUT2D eigenvalue weighted by molar-refractivity contribution is 5.77. The van der Waals surface area contributed by atoms with Gasteiger partial charge in [0.15, 0.2) is 0 Å². The summed E-state index contributed by atoms with van der Waals surface area (Å²) in [5, 5.41) is 10.2. The fourth-order valence-corrected chi connectivity index (χ4v) is 16.5. The van der Waals surface area contributed by atoms with Crippen molar-refractivity contribution >= 4 is 28.2 Å². The third-order valence-electron chi connectivity index (χ3n) is 23.5. The molecule has 0 aliphatic heterocycles. The van der Waals surface area contributed by atoms with Crippen molar-refractivity contribution in [2.24, 2.45) is 0 Å². The zero-order valence-electron chi connectivity index (χ0n) is 82.9. The summed E-state index contributed by atoms with van der Waals surface area (Å²) >= 11 is 0. The highest BCUT2D eigenvalue weighted by Crippen LogP contribution is 2.38. The van der Waals surface area contributed by atoms with Crippen molar-refractivity contribution in [3.05, 3.63) is 376 Å². The lowest BCUT2D eigenvalue weighted by molar-refractivity contribution is -0.0498. The highest BCUT2D eigenvalue weighted by atomic mass is 19.3. The van der Waals surface area contributed by atoms with Crippen LogP contribution in [0.4, 0.5) is 17.6 Å². The van der Waals surface area contributed by atoms with E-state index in [-0.39, 0.29) is 47.9 Å². The zero-order valence-corrected chi connectivity index (χ0v) is 82.9. The predicted molar refractivity (Wildman–Crippen MR) is 565 cm³/mol. The molecule has 0 spiro atoms. The molecule has 0 bridgehead atoms. The summed E-state index contributed by atoms with van der Waals surface area (Å²) in [6, 6.07) is 98.0. The molecule has 10 heterocycles. The van der Waals surface area contributed by atoms with Gasteiger partial charge in [-0.15, -0.1) is 0 Å². The Morgan fingerprint density at radius 1 is 0.243 bits per heavy atom. The van der Waals surface area contributed by atoms with Crippen LogP contribution in [-0.4, -0.2) is 101 Å². The molecule has 0 saturated heterocycles. The molecule has 21 rings (SSSR count). The van der Waals surface area contributed by atoms with Crippen molar-refractivity contribution < 1.29 is 60.6 Å². The van der Waals surface area contributed by atoms with Gasteiger partial charge in [0.1, 0.15) is 74.2 Å². The van der Waals surface area contributed by atoms with Crippen molar-refractivity contribution in [2.45, 2.75) is 171 Å². The van der Waals surface area contributed by atoms with Crippen LogP contribution in [0.15, 0.2) is 365 Å². The second-order valence-corrected chi connectivity index (χ2v) is 37.4. The third kappa shape index (κ3) is 25.2. The van der Waals surface area contributed by atoms with Crippen molar-refractivity contribution in [3.63, 3.8) is 0 Å². The second kappa shape index (κ2) is 44.7. The Bertz CT molecular complexity index is 7220. The summed E-state index contributed by atoms with van der Waals surface area (Å²) in [7, 11) is 0. The van der Waals surface area contributed by atoms with Crippen LogP contribution in [0.1, 0.15) is 127 Å². The van der Waals surface area contributed by atoms with Gasteiger partial charge >= 0.3 is 6.61 Å². The lowest BCUT2D eigenvalue weighted by Crippen LogP contribution is -2.14. The maximum absolute atomic E-state index is 12.8. The van der Waals surface area contributed by atoms with Crippen molar-refractivity contribution in [1.29, 1.82) is 0 Å². The first-order chi connectivity index (χ1) is 69.5. The maximum atomic E-state index is 12.8. The SMILES string of the molecule is CC(C)Oc1ccc(-c2ccc3ncc(-c4ccc(OC(C)C)cc4)n3c2)cc1.CC(C)Oc1ccc(-c2cnc3ccc(-c4ccc(C(C)(C)O)cc4)cn23)cc1.CC(C)Oc1ccc(-c2cnc3ccc(-c4ccc(C(F)F)cc4)cn23)cc1.CC(C)Oc1ccc(-c2cnc3ccc(-c4ccc(OC(F)F)cc4)cn23)cc1.CC(C)Oc1ccc(-c2cnc3ccc(-c4ccc(OC5CC5)cc4)cn23)cc1. The predicted octanol–water partition coefficient (Wildman–Crippen LogP) is 30.4. The first kappa shape index (κ1) is 99.3. The van der Waals surface area contributed by atoms with Crippen LogP contribution in [0.3, 0.4) is 0 Å². The van der Waals surface area contributed by atoms with Crippen LogP contribution in [-0.2, 0) is 5.60 Å². The molecule has 1 fully saturated rings. The summed E-state index contributed by atoms with van der Waals surface area (Å²) < 4.78 is 105. The van der Waals surface area contributed by atoms with Crippen LogP contribution >= 0.6 is 0 Å². The van der Waals surface area contributed by atoms with Gasteiger partial charge in [-0.1, -0.05) is 84.9 Å². The van der Waals surface area contributed by atoms with E-state index in [9.17, 15) is 22.7 Å². The molecule has 1 aliphatic carbocycles. The number of nitrogens with zero attached hydrogens (tertiary/aromatic N) is 10. The third-order valence-corrected chi connectivity index (χ3v) is 23.5. The number of aromatic nitrogens is 10. The summed E-state index contributed by atoms with van der Waals surface area (Å²) in [6.07, 6.45) is 21.0.